The first-order chi connectivity index (χ1) is 9.79. The number of hydrogen-bond donors (Lipinski definition) is 1. The fourth-order valence-corrected chi connectivity index (χ4v) is 3.04. The van der Waals surface area contributed by atoms with Crippen molar-refractivity contribution in [2.75, 3.05) is 11.6 Å². The molecule has 2 aromatic carbocycles. The van der Waals surface area contributed by atoms with Crippen LogP contribution >= 0.6 is 15.9 Å². The molecule has 2 aromatic rings. The van der Waals surface area contributed by atoms with E-state index in [9.17, 15) is 13.2 Å². The fourth-order valence-electron chi connectivity index (χ4n) is 1.82. The highest BCUT2D eigenvalue weighted by molar-refractivity contribution is 9.10. The van der Waals surface area contributed by atoms with Gasteiger partial charge in [-0.25, -0.2) is 8.42 Å². The van der Waals surface area contributed by atoms with E-state index in [1.807, 2.05) is 13.0 Å². The lowest BCUT2D eigenvalue weighted by atomic mass is 10.1. The molecule has 0 aliphatic rings. The summed E-state index contributed by atoms with van der Waals surface area (Å²) in [5.41, 5.74) is 1.75. The van der Waals surface area contributed by atoms with Gasteiger partial charge < -0.3 is 5.32 Å². The first-order valence-electron chi connectivity index (χ1n) is 6.15. The van der Waals surface area contributed by atoms with Crippen LogP contribution in [0.25, 0.3) is 0 Å². The minimum Gasteiger partial charge on any atom is -0.321 e. The Balaban J connectivity index is 2.34. The van der Waals surface area contributed by atoms with E-state index in [1.165, 1.54) is 6.07 Å². The molecule has 0 aromatic heterocycles. The lowest BCUT2D eigenvalue weighted by molar-refractivity contribution is 0.102. The SMILES string of the molecule is Cc1ccc(C(=O)Nc2ccccc2S(C)(=O)=O)cc1Br. The van der Waals surface area contributed by atoms with Gasteiger partial charge in [0.1, 0.15) is 0 Å². The molecule has 1 amide bonds. The van der Waals surface area contributed by atoms with Crippen LogP contribution in [0.4, 0.5) is 5.69 Å². The maximum absolute atomic E-state index is 12.2. The van der Waals surface area contributed by atoms with Crippen molar-refractivity contribution < 1.29 is 13.2 Å². The van der Waals surface area contributed by atoms with Crippen LogP contribution in [0.1, 0.15) is 15.9 Å². The smallest absolute Gasteiger partial charge is 0.255 e. The lowest BCUT2D eigenvalue weighted by Gasteiger charge is -2.10. The monoisotopic (exact) mass is 367 g/mol. The van der Waals surface area contributed by atoms with Crippen LogP contribution in [-0.2, 0) is 9.84 Å². The highest BCUT2D eigenvalue weighted by atomic mass is 79.9. The maximum Gasteiger partial charge on any atom is 0.255 e. The highest BCUT2D eigenvalue weighted by Gasteiger charge is 2.15. The zero-order valence-electron chi connectivity index (χ0n) is 11.6. The molecule has 21 heavy (non-hydrogen) atoms. The number of halogens is 1. The summed E-state index contributed by atoms with van der Waals surface area (Å²) in [6.45, 7) is 1.92. The molecule has 0 heterocycles. The first kappa shape index (κ1) is 15.7. The molecule has 0 bridgehead atoms. The maximum atomic E-state index is 12.2. The van der Waals surface area contributed by atoms with Gasteiger partial charge in [-0.2, -0.15) is 0 Å². The normalized spacial score (nSPS) is 11.2. The third-order valence-electron chi connectivity index (χ3n) is 2.97. The van der Waals surface area contributed by atoms with Gasteiger partial charge in [-0.15, -0.1) is 0 Å². The van der Waals surface area contributed by atoms with Crippen molar-refractivity contribution in [2.45, 2.75) is 11.8 Å². The van der Waals surface area contributed by atoms with Gasteiger partial charge in [-0.05, 0) is 36.8 Å². The predicted molar refractivity (Wildman–Crippen MR) is 86.4 cm³/mol. The first-order valence-corrected chi connectivity index (χ1v) is 8.84. The Morgan fingerprint density at radius 2 is 1.81 bits per heavy atom. The molecule has 2 rings (SSSR count). The number of sulfone groups is 1. The van der Waals surface area contributed by atoms with Crippen molar-refractivity contribution in [1.29, 1.82) is 0 Å². The van der Waals surface area contributed by atoms with Crippen LogP contribution in [-0.4, -0.2) is 20.6 Å². The Labute approximate surface area is 132 Å². The summed E-state index contributed by atoms with van der Waals surface area (Å²) in [5.74, 6) is -0.355. The van der Waals surface area contributed by atoms with E-state index >= 15 is 0 Å². The van der Waals surface area contributed by atoms with E-state index in [2.05, 4.69) is 21.2 Å². The minimum absolute atomic E-state index is 0.101. The zero-order chi connectivity index (χ0) is 15.6. The lowest BCUT2D eigenvalue weighted by Crippen LogP contribution is -2.14. The molecule has 0 unspecified atom stereocenters. The Hall–Kier alpha value is -1.66. The largest absolute Gasteiger partial charge is 0.321 e. The molecule has 0 spiro atoms. The van der Waals surface area contributed by atoms with E-state index in [1.54, 1.807) is 30.3 Å². The molecule has 4 nitrogen and oxygen atoms in total. The third-order valence-corrected chi connectivity index (χ3v) is 4.98. The number of anilines is 1. The van der Waals surface area contributed by atoms with Crippen molar-refractivity contribution >= 4 is 37.4 Å². The number of aryl methyl sites for hydroxylation is 1. The number of benzene rings is 2. The van der Waals surface area contributed by atoms with E-state index < -0.39 is 9.84 Å². The molecule has 6 heteroatoms. The number of hydrogen-bond acceptors (Lipinski definition) is 3. The van der Waals surface area contributed by atoms with Gasteiger partial charge in [-0.1, -0.05) is 34.1 Å². The molecule has 110 valence electrons. The number of para-hydroxylation sites is 1. The molecular formula is C15H14BrNO3S. The molecule has 0 radical (unpaired) electrons. The number of rotatable bonds is 3. The Kier molecular flexibility index (Phi) is 4.49. The second-order valence-electron chi connectivity index (χ2n) is 4.69. The van der Waals surface area contributed by atoms with Crippen LogP contribution in [0, 0.1) is 6.92 Å². The average Bonchev–Trinajstić information content (AvgIpc) is 2.41. The van der Waals surface area contributed by atoms with Gasteiger partial charge in [0.15, 0.2) is 9.84 Å². The Morgan fingerprint density at radius 3 is 2.43 bits per heavy atom. The summed E-state index contributed by atoms with van der Waals surface area (Å²) in [7, 11) is -3.40. The van der Waals surface area contributed by atoms with Crippen LogP contribution < -0.4 is 5.32 Å². The topological polar surface area (TPSA) is 63.2 Å². The number of carbonyl (C=O) groups excluding carboxylic acids is 1. The fraction of sp³-hybridized carbons (Fsp3) is 0.133. The van der Waals surface area contributed by atoms with E-state index in [0.29, 0.717) is 5.56 Å². The summed E-state index contributed by atoms with van der Waals surface area (Å²) in [4.78, 5) is 12.3. The van der Waals surface area contributed by atoms with Gasteiger partial charge >= 0.3 is 0 Å². The number of carbonyl (C=O) groups is 1. The van der Waals surface area contributed by atoms with Gasteiger partial charge in [0.25, 0.3) is 5.91 Å². The number of nitrogens with one attached hydrogen (secondary N) is 1. The third kappa shape index (κ3) is 3.71. The second-order valence-corrected chi connectivity index (χ2v) is 7.52. The van der Waals surface area contributed by atoms with Crippen LogP contribution in [0.5, 0.6) is 0 Å². The van der Waals surface area contributed by atoms with Crippen molar-refractivity contribution in [3.05, 3.63) is 58.1 Å². The van der Waals surface area contributed by atoms with Crippen LogP contribution in [0.3, 0.4) is 0 Å². The molecule has 0 atom stereocenters. The van der Waals surface area contributed by atoms with Crippen molar-refractivity contribution in [1.82, 2.24) is 0 Å². The second kappa shape index (κ2) is 5.99. The molecule has 0 saturated heterocycles. The van der Waals surface area contributed by atoms with E-state index in [-0.39, 0.29) is 16.5 Å². The van der Waals surface area contributed by atoms with Gasteiger partial charge in [0.05, 0.1) is 10.6 Å². The predicted octanol–water partition coefficient (Wildman–Crippen LogP) is 3.41. The van der Waals surface area contributed by atoms with E-state index in [0.717, 1.165) is 16.3 Å². The summed E-state index contributed by atoms with van der Waals surface area (Å²) < 4.78 is 24.2. The Bertz CT molecular complexity index is 800. The summed E-state index contributed by atoms with van der Waals surface area (Å²) in [5, 5.41) is 2.64. The van der Waals surface area contributed by atoms with Crippen molar-refractivity contribution in [3.63, 3.8) is 0 Å². The summed E-state index contributed by atoms with van der Waals surface area (Å²) in [6, 6.07) is 11.5. The van der Waals surface area contributed by atoms with Gasteiger partial charge in [0, 0.05) is 16.3 Å². The van der Waals surface area contributed by atoms with Crippen molar-refractivity contribution in [3.8, 4) is 0 Å². The standard InChI is InChI=1S/C15H14BrNO3S/c1-10-7-8-11(9-12(10)16)15(18)17-13-5-3-4-6-14(13)21(2,19)20/h3-9H,1-2H3,(H,17,18). The highest BCUT2D eigenvalue weighted by Crippen LogP contribution is 2.22. The molecule has 0 saturated carbocycles. The summed E-state index contributed by atoms with van der Waals surface area (Å²) in [6.07, 6.45) is 1.11. The molecule has 0 aliphatic carbocycles. The zero-order valence-corrected chi connectivity index (χ0v) is 14.0. The van der Waals surface area contributed by atoms with E-state index in [4.69, 9.17) is 0 Å². The van der Waals surface area contributed by atoms with Gasteiger partial charge in [0.2, 0.25) is 0 Å². The quantitative estimate of drug-likeness (QED) is 0.903. The summed E-state index contributed by atoms with van der Waals surface area (Å²) >= 11 is 3.37. The van der Waals surface area contributed by atoms with Gasteiger partial charge in [-0.3, -0.25) is 4.79 Å². The molecule has 0 aliphatic heterocycles. The van der Waals surface area contributed by atoms with Crippen molar-refractivity contribution in [2.24, 2.45) is 0 Å². The molecule has 0 fully saturated rings. The average molecular weight is 368 g/mol. The Morgan fingerprint density at radius 1 is 1.14 bits per heavy atom. The van der Waals surface area contributed by atoms with Crippen LogP contribution in [0.15, 0.2) is 51.8 Å². The minimum atomic E-state index is -3.40. The molecular weight excluding hydrogens is 354 g/mol. The van der Waals surface area contributed by atoms with Crippen LogP contribution in [0.2, 0.25) is 0 Å². The molecule has 1 N–H and O–H groups in total. The number of amides is 1.